The first-order valence-electron chi connectivity index (χ1n) is 4.76. The molecule has 1 atom stereocenters. The lowest BCUT2D eigenvalue weighted by Gasteiger charge is -2.12. The van der Waals surface area contributed by atoms with Gasteiger partial charge in [-0.05, 0) is 18.9 Å². The number of hydrazine groups is 1. The molecule has 0 spiro atoms. The van der Waals surface area contributed by atoms with Crippen LogP contribution in [0.15, 0.2) is 30.3 Å². The Morgan fingerprint density at radius 3 is 2.64 bits per heavy atom. The molecule has 0 aliphatic carbocycles. The van der Waals surface area contributed by atoms with Crippen LogP contribution in [0, 0.1) is 11.8 Å². The van der Waals surface area contributed by atoms with E-state index in [2.05, 4.69) is 29.4 Å². The molecule has 0 saturated carbocycles. The quantitative estimate of drug-likeness (QED) is 0.426. The van der Waals surface area contributed by atoms with Crippen LogP contribution in [0.5, 0.6) is 0 Å². The monoisotopic (exact) mass is 188 g/mol. The first-order valence-corrected chi connectivity index (χ1v) is 4.76. The molecular formula is C12H16N2. The van der Waals surface area contributed by atoms with Gasteiger partial charge in [0.15, 0.2) is 0 Å². The lowest BCUT2D eigenvalue weighted by Crippen LogP contribution is -2.36. The predicted octanol–water partition coefficient (Wildman–Crippen LogP) is 1.47. The van der Waals surface area contributed by atoms with Crippen LogP contribution in [-0.4, -0.2) is 6.04 Å². The maximum absolute atomic E-state index is 5.44. The summed E-state index contributed by atoms with van der Waals surface area (Å²) in [6, 6.07) is 10.5. The number of rotatable bonds is 4. The molecule has 0 bridgehead atoms. The number of nitrogens with one attached hydrogen (secondary N) is 1. The minimum atomic E-state index is 0.241. The molecule has 0 aromatic heterocycles. The van der Waals surface area contributed by atoms with E-state index < -0.39 is 0 Å². The van der Waals surface area contributed by atoms with Crippen molar-refractivity contribution in [2.24, 2.45) is 5.84 Å². The molecule has 2 nitrogen and oxygen atoms in total. The molecule has 0 aliphatic heterocycles. The summed E-state index contributed by atoms with van der Waals surface area (Å²) in [7, 11) is 0. The van der Waals surface area contributed by atoms with E-state index in [-0.39, 0.29) is 6.04 Å². The van der Waals surface area contributed by atoms with Crippen LogP contribution in [0.25, 0.3) is 0 Å². The molecule has 1 rings (SSSR count). The highest BCUT2D eigenvalue weighted by Gasteiger charge is 2.04. The molecule has 3 N–H and O–H groups in total. The molecule has 0 aliphatic rings. The van der Waals surface area contributed by atoms with Crippen molar-refractivity contribution in [3.63, 3.8) is 0 Å². The van der Waals surface area contributed by atoms with Crippen molar-refractivity contribution in [2.75, 3.05) is 0 Å². The standard InChI is InChI=1S/C12H16N2/c1-2-3-9-12(14-13)10-11-7-5-4-6-8-11/h4-8,12,14H,9-10,13H2,1H3. The van der Waals surface area contributed by atoms with Gasteiger partial charge in [-0.3, -0.25) is 11.3 Å². The van der Waals surface area contributed by atoms with Crippen LogP contribution >= 0.6 is 0 Å². The fourth-order valence-corrected chi connectivity index (χ4v) is 1.31. The van der Waals surface area contributed by atoms with Crippen molar-refractivity contribution in [1.82, 2.24) is 5.43 Å². The van der Waals surface area contributed by atoms with E-state index in [4.69, 9.17) is 5.84 Å². The van der Waals surface area contributed by atoms with Gasteiger partial charge in [-0.2, -0.15) is 0 Å². The number of hydrogen-bond donors (Lipinski definition) is 2. The molecule has 1 unspecified atom stereocenters. The zero-order valence-corrected chi connectivity index (χ0v) is 8.46. The molecule has 0 saturated heterocycles. The molecule has 1 aromatic carbocycles. The van der Waals surface area contributed by atoms with Gasteiger partial charge in [0.2, 0.25) is 0 Å². The molecule has 0 amide bonds. The lowest BCUT2D eigenvalue weighted by atomic mass is 10.0. The van der Waals surface area contributed by atoms with Crippen LogP contribution < -0.4 is 11.3 Å². The van der Waals surface area contributed by atoms with Crippen LogP contribution in [0.4, 0.5) is 0 Å². The average Bonchev–Trinajstić information content (AvgIpc) is 2.25. The van der Waals surface area contributed by atoms with Gasteiger partial charge in [0.05, 0.1) is 0 Å². The normalized spacial score (nSPS) is 11.6. The molecule has 0 radical (unpaired) electrons. The first kappa shape index (κ1) is 10.8. The molecule has 14 heavy (non-hydrogen) atoms. The van der Waals surface area contributed by atoms with Gasteiger partial charge in [0, 0.05) is 12.5 Å². The zero-order chi connectivity index (χ0) is 10.2. The van der Waals surface area contributed by atoms with E-state index in [0.29, 0.717) is 0 Å². The highest BCUT2D eigenvalue weighted by Crippen LogP contribution is 2.04. The molecule has 1 aromatic rings. The van der Waals surface area contributed by atoms with Gasteiger partial charge >= 0.3 is 0 Å². The largest absolute Gasteiger partial charge is 0.271 e. The second kappa shape index (κ2) is 6.20. The third kappa shape index (κ3) is 3.61. The van der Waals surface area contributed by atoms with Gasteiger partial charge < -0.3 is 0 Å². The van der Waals surface area contributed by atoms with Crippen molar-refractivity contribution < 1.29 is 0 Å². The Morgan fingerprint density at radius 2 is 2.07 bits per heavy atom. The predicted molar refractivity (Wildman–Crippen MR) is 59.3 cm³/mol. The van der Waals surface area contributed by atoms with E-state index in [9.17, 15) is 0 Å². The van der Waals surface area contributed by atoms with Gasteiger partial charge in [-0.25, -0.2) is 0 Å². The van der Waals surface area contributed by atoms with E-state index in [1.54, 1.807) is 0 Å². The van der Waals surface area contributed by atoms with Gasteiger partial charge in [-0.15, -0.1) is 11.8 Å². The molecular weight excluding hydrogens is 172 g/mol. The lowest BCUT2D eigenvalue weighted by molar-refractivity contribution is 0.536. The van der Waals surface area contributed by atoms with Crippen LogP contribution in [0.1, 0.15) is 18.9 Å². The smallest absolute Gasteiger partial charge is 0.0360 e. The van der Waals surface area contributed by atoms with Gasteiger partial charge in [-0.1, -0.05) is 30.3 Å². The summed E-state index contributed by atoms with van der Waals surface area (Å²) >= 11 is 0. The van der Waals surface area contributed by atoms with Crippen molar-refractivity contribution in [3.8, 4) is 11.8 Å². The molecule has 2 heteroatoms. The Bertz CT molecular complexity index is 308. The number of benzene rings is 1. The highest BCUT2D eigenvalue weighted by molar-refractivity contribution is 5.16. The van der Waals surface area contributed by atoms with Crippen molar-refractivity contribution in [3.05, 3.63) is 35.9 Å². The minimum absolute atomic E-state index is 0.241. The van der Waals surface area contributed by atoms with E-state index in [1.165, 1.54) is 5.56 Å². The van der Waals surface area contributed by atoms with Gasteiger partial charge in [0.25, 0.3) is 0 Å². The van der Waals surface area contributed by atoms with Gasteiger partial charge in [0.1, 0.15) is 0 Å². The fraction of sp³-hybridized carbons (Fsp3) is 0.333. The summed E-state index contributed by atoms with van der Waals surface area (Å²) in [6.45, 7) is 1.84. The van der Waals surface area contributed by atoms with Crippen molar-refractivity contribution >= 4 is 0 Å². The Hall–Kier alpha value is -1.30. The Labute approximate surface area is 85.5 Å². The van der Waals surface area contributed by atoms with Crippen molar-refractivity contribution in [1.29, 1.82) is 0 Å². The third-order valence-corrected chi connectivity index (χ3v) is 2.09. The molecule has 74 valence electrons. The minimum Gasteiger partial charge on any atom is -0.271 e. The van der Waals surface area contributed by atoms with Crippen molar-refractivity contribution in [2.45, 2.75) is 25.8 Å². The Morgan fingerprint density at radius 1 is 1.36 bits per heavy atom. The SMILES string of the molecule is CC#CCC(Cc1ccccc1)NN. The summed E-state index contributed by atoms with van der Waals surface area (Å²) in [4.78, 5) is 0. The maximum Gasteiger partial charge on any atom is 0.0360 e. The summed E-state index contributed by atoms with van der Waals surface area (Å²) in [5.74, 6) is 11.3. The molecule has 0 fully saturated rings. The van der Waals surface area contributed by atoms with E-state index in [1.807, 2.05) is 25.1 Å². The summed E-state index contributed by atoms with van der Waals surface area (Å²) in [6.07, 6.45) is 1.72. The van der Waals surface area contributed by atoms with E-state index >= 15 is 0 Å². The highest BCUT2D eigenvalue weighted by atomic mass is 15.2. The summed E-state index contributed by atoms with van der Waals surface area (Å²) in [5, 5.41) is 0. The third-order valence-electron chi connectivity index (χ3n) is 2.09. The summed E-state index contributed by atoms with van der Waals surface area (Å²) < 4.78 is 0. The second-order valence-corrected chi connectivity index (χ2v) is 3.18. The van der Waals surface area contributed by atoms with Crippen LogP contribution in [0.2, 0.25) is 0 Å². The number of hydrogen-bond acceptors (Lipinski definition) is 2. The number of nitrogens with two attached hydrogens (primary N) is 1. The first-order chi connectivity index (χ1) is 6.86. The average molecular weight is 188 g/mol. The van der Waals surface area contributed by atoms with Crippen LogP contribution in [0.3, 0.4) is 0 Å². The summed E-state index contributed by atoms with van der Waals surface area (Å²) in [5.41, 5.74) is 4.07. The maximum atomic E-state index is 5.44. The Kier molecular flexibility index (Phi) is 4.77. The van der Waals surface area contributed by atoms with Crippen LogP contribution in [-0.2, 0) is 6.42 Å². The topological polar surface area (TPSA) is 38.0 Å². The Balaban J connectivity index is 2.51. The second-order valence-electron chi connectivity index (χ2n) is 3.18. The molecule has 0 heterocycles. The fourth-order valence-electron chi connectivity index (χ4n) is 1.31. The zero-order valence-electron chi connectivity index (χ0n) is 8.46. The van der Waals surface area contributed by atoms with E-state index in [0.717, 1.165) is 12.8 Å².